The van der Waals surface area contributed by atoms with Crippen molar-refractivity contribution in [1.82, 2.24) is 15.5 Å². The maximum Gasteiger partial charge on any atom is 0.337 e. The van der Waals surface area contributed by atoms with Crippen molar-refractivity contribution in [3.63, 3.8) is 0 Å². The summed E-state index contributed by atoms with van der Waals surface area (Å²) >= 11 is 0. The Kier molecular flexibility index (Phi) is 7.30. The molecule has 6 atom stereocenters. The second-order valence-corrected chi connectivity index (χ2v) is 11.2. The normalized spacial score (nSPS) is 26.1. The number of carbonyl (C=O) groups is 4. The Balaban J connectivity index is 1.15. The third-order valence-electron chi connectivity index (χ3n) is 8.53. The summed E-state index contributed by atoms with van der Waals surface area (Å²) in [5.74, 6) is -1.94. The summed E-state index contributed by atoms with van der Waals surface area (Å²) in [7, 11) is 1.30. The topological polar surface area (TPSA) is 105 Å². The highest BCUT2D eigenvalue weighted by molar-refractivity contribution is 5.98. The van der Waals surface area contributed by atoms with Gasteiger partial charge in [0, 0.05) is 42.6 Å². The molecule has 3 aliphatic rings. The minimum absolute atomic E-state index is 0.0233. The Morgan fingerprint density at radius 3 is 1.54 bits per heavy atom. The van der Waals surface area contributed by atoms with Crippen LogP contribution in [0.3, 0.4) is 0 Å². The van der Waals surface area contributed by atoms with Crippen LogP contribution in [0.4, 0.5) is 0 Å². The zero-order valence-corrected chi connectivity index (χ0v) is 22.9. The van der Waals surface area contributed by atoms with E-state index in [4.69, 9.17) is 4.74 Å². The Hall–Kier alpha value is -4.46. The Morgan fingerprint density at radius 1 is 0.659 bits per heavy atom. The first kappa shape index (κ1) is 26.7. The summed E-state index contributed by atoms with van der Waals surface area (Å²) in [5, 5.41) is 6.30. The molecule has 2 aliphatic carbocycles. The highest BCUT2D eigenvalue weighted by Gasteiger charge is 2.48. The summed E-state index contributed by atoms with van der Waals surface area (Å²) in [5.41, 5.74) is 3.10. The Labute approximate surface area is 239 Å². The van der Waals surface area contributed by atoms with Crippen LogP contribution in [-0.4, -0.2) is 60.9 Å². The van der Waals surface area contributed by atoms with E-state index in [1.165, 1.54) is 30.4 Å². The third-order valence-corrected chi connectivity index (χ3v) is 8.53. The van der Waals surface area contributed by atoms with E-state index in [9.17, 15) is 19.2 Å². The molecule has 0 bridgehead atoms. The van der Waals surface area contributed by atoms with Crippen LogP contribution >= 0.6 is 0 Å². The average molecular weight is 552 g/mol. The van der Waals surface area contributed by atoms with Crippen LogP contribution < -0.4 is 10.6 Å². The van der Waals surface area contributed by atoms with E-state index in [-0.39, 0.29) is 54.7 Å². The first-order valence-electron chi connectivity index (χ1n) is 14.1. The van der Waals surface area contributed by atoms with Gasteiger partial charge in [-0.1, -0.05) is 60.7 Å². The number of esters is 1. The predicted octanol–water partition coefficient (Wildman–Crippen LogP) is 3.51. The van der Waals surface area contributed by atoms with Gasteiger partial charge in [0.15, 0.2) is 0 Å². The lowest BCUT2D eigenvalue weighted by atomic mass is 9.94. The molecule has 3 aromatic carbocycles. The molecule has 0 aromatic heterocycles. The van der Waals surface area contributed by atoms with Crippen molar-refractivity contribution in [3.05, 3.63) is 107 Å². The fourth-order valence-corrected chi connectivity index (χ4v) is 5.98. The lowest BCUT2D eigenvalue weighted by molar-refractivity contribution is -0.133. The minimum atomic E-state index is -0.653. The summed E-state index contributed by atoms with van der Waals surface area (Å²) < 4.78 is 4.74. The molecule has 8 nitrogen and oxygen atoms in total. The van der Waals surface area contributed by atoms with Gasteiger partial charge in [-0.15, -0.1) is 0 Å². The van der Waals surface area contributed by atoms with Gasteiger partial charge >= 0.3 is 5.97 Å². The quantitative estimate of drug-likeness (QED) is 0.417. The number of carbonyl (C=O) groups excluding carboxylic acids is 4. The Morgan fingerprint density at radius 2 is 1.10 bits per heavy atom. The number of nitrogens with zero attached hydrogens (tertiary/aromatic N) is 1. The number of amides is 3. The van der Waals surface area contributed by atoms with Crippen molar-refractivity contribution in [2.75, 3.05) is 20.2 Å². The molecule has 6 rings (SSSR count). The summed E-state index contributed by atoms with van der Waals surface area (Å²) in [6.45, 7) is 0.300. The van der Waals surface area contributed by atoms with Crippen LogP contribution in [0.5, 0.6) is 0 Å². The molecule has 3 amide bonds. The van der Waals surface area contributed by atoms with E-state index in [0.717, 1.165) is 12.8 Å². The molecule has 3 aromatic rings. The van der Waals surface area contributed by atoms with E-state index in [1.807, 2.05) is 36.4 Å². The van der Waals surface area contributed by atoms with E-state index in [0.29, 0.717) is 11.1 Å². The number of likely N-dealkylation sites (tertiary alicyclic amines) is 1. The van der Waals surface area contributed by atoms with Gasteiger partial charge < -0.3 is 20.3 Å². The number of methoxy groups -OCH3 is 1. The molecule has 1 saturated heterocycles. The van der Waals surface area contributed by atoms with Crippen molar-refractivity contribution in [2.24, 2.45) is 11.8 Å². The third kappa shape index (κ3) is 5.73. The molecule has 41 heavy (non-hydrogen) atoms. The minimum Gasteiger partial charge on any atom is -0.465 e. The van der Waals surface area contributed by atoms with Gasteiger partial charge in [0.1, 0.15) is 0 Å². The van der Waals surface area contributed by atoms with Gasteiger partial charge in [-0.2, -0.15) is 0 Å². The molecule has 1 heterocycles. The van der Waals surface area contributed by atoms with Crippen LogP contribution in [0, 0.1) is 11.8 Å². The largest absolute Gasteiger partial charge is 0.465 e. The molecule has 0 spiro atoms. The molecule has 210 valence electrons. The van der Waals surface area contributed by atoms with Crippen molar-refractivity contribution in [3.8, 4) is 0 Å². The van der Waals surface area contributed by atoms with Gasteiger partial charge in [-0.3, -0.25) is 14.4 Å². The molecule has 4 unspecified atom stereocenters. The molecule has 3 fully saturated rings. The first-order valence-corrected chi connectivity index (χ1v) is 14.1. The Bertz CT molecular complexity index is 1370. The van der Waals surface area contributed by atoms with Crippen LogP contribution in [0.25, 0.3) is 0 Å². The van der Waals surface area contributed by atoms with E-state index >= 15 is 0 Å². The van der Waals surface area contributed by atoms with E-state index < -0.39 is 17.8 Å². The molecule has 2 saturated carbocycles. The maximum atomic E-state index is 13.6. The number of benzene rings is 3. The maximum absolute atomic E-state index is 13.6. The lowest BCUT2D eigenvalue weighted by Gasteiger charge is -2.18. The zero-order chi connectivity index (χ0) is 28.5. The average Bonchev–Trinajstić information content (AvgIpc) is 3.92. The summed E-state index contributed by atoms with van der Waals surface area (Å²) in [6, 6.07) is 26.4. The first-order chi connectivity index (χ1) is 19.9. The predicted molar refractivity (Wildman–Crippen MR) is 152 cm³/mol. The fraction of sp³-hybridized carbons (Fsp3) is 0.333. The van der Waals surface area contributed by atoms with Crippen LogP contribution in [-0.2, 0) is 14.3 Å². The van der Waals surface area contributed by atoms with Crippen molar-refractivity contribution >= 4 is 23.7 Å². The number of ether oxygens (including phenoxy) is 1. The molecule has 1 aliphatic heterocycles. The molecule has 2 N–H and O–H groups in total. The monoisotopic (exact) mass is 551 g/mol. The highest BCUT2D eigenvalue weighted by atomic mass is 16.5. The second-order valence-electron chi connectivity index (χ2n) is 11.2. The molecular formula is C33H33N3O5. The lowest BCUT2D eigenvalue weighted by Crippen LogP contribution is -2.43. The summed E-state index contributed by atoms with van der Waals surface area (Å²) in [6.07, 6.45) is 1.71. The van der Waals surface area contributed by atoms with Gasteiger partial charge in [-0.25, -0.2) is 4.79 Å². The number of rotatable bonds is 8. The molecular weight excluding hydrogens is 518 g/mol. The molecule has 0 radical (unpaired) electrons. The smallest absolute Gasteiger partial charge is 0.337 e. The number of nitrogens with one attached hydrogen (secondary N) is 2. The van der Waals surface area contributed by atoms with Gasteiger partial charge in [-0.05, 0) is 48.2 Å². The van der Waals surface area contributed by atoms with Crippen molar-refractivity contribution in [2.45, 2.75) is 36.8 Å². The fourth-order valence-electron chi connectivity index (χ4n) is 5.98. The van der Waals surface area contributed by atoms with Crippen LogP contribution in [0.2, 0.25) is 0 Å². The van der Waals surface area contributed by atoms with E-state index in [1.54, 1.807) is 17.0 Å². The van der Waals surface area contributed by atoms with Crippen LogP contribution in [0.1, 0.15) is 56.5 Å². The van der Waals surface area contributed by atoms with E-state index in [2.05, 4.69) is 34.9 Å². The van der Waals surface area contributed by atoms with Crippen molar-refractivity contribution in [1.29, 1.82) is 0 Å². The standard InChI is InChI=1S/C33H33N3O5/c1-41-33(40)23-14-12-22(13-15-23)32(39)36-18-26(30(37)34-28-16-24(28)20-8-4-2-5-9-20)27(19-36)31(38)35-29-17-25(29)21-10-6-3-7-11-21/h2-15,24-29H,16-19H2,1H3,(H,34,37)(H,35,38)/t24?,25?,26-,27-,28?,29?/m0/s1. The van der Waals surface area contributed by atoms with Crippen molar-refractivity contribution < 1.29 is 23.9 Å². The highest BCUT2D eigenvalue weighted by Crippen LogP contribution is 2.42. The zero-order valence-electron chi connectivity index (χ0n) is 22.9. The second kappa shape index (κ2) is 11.2. The number of hydrogen-bond acceptors (Lipinski definition) is 5. The van der Waals surface area contributed by atoms with Crippen LogP contribution in [0.15, 0.2) is 84.9 Å². The summed E-state index contributed by atoms with van der Waals surface area (Å²) in [4.78, 5) is 53.9. The van der Waals surface area contributed by atoms with Gasteiger partial charge in [0.25, 0.3) is 5.91 Å². The van der Waals surface area contributed by atoms with Gasteiger partial charge in [0.2, 0.25) is 11.8 Å². The SMILES string of the molecule is COC(=O)c1ccc(C(=O)N2C[C@H](C(=O)NC3CC3c3ccccc3)[C@@H](C(=O)NC3CC3c3ccccc3)C2)cc1. The van der Waals surface area contributed by atoms with Gasteiger partial charge in [0.05, 0.1) is 24.5 Å². The number of hydrogen-bond donors (Lipinski definition) is 2. The molecule has 8 heteroatoms.